The molecule has 0 aliphatic carbocycles. The molecule has 0 unspecified atom stereocenters. The summed E-state index contributed by atoms with van der Waals surface area (Å²) in [5.74, 6) is -0.133. The Morgan fingerprint density at radius 3 is 2.55 bits per heavy atom. The highest BCUT2D eigenvalue weighted by atomic mass is 32.2. The van der Waals surface area contributed by atoms with Gasteiger partial charge in [0, 0.05) is 12.6 Å². The highest BCUT2D eigenvalue weighted by Gasteiger charge is 2.19. The van der Waals surface area contributed by atoms with Gasteiger partial charge >= 0.3 is 5.69 Å². The van der Waals surface area contributed by atoms with Gasteiger partial charge in [-0.3, -0.25) is 10.1 Å². The van der Waals surface area contributed by atoms with Gasteiger partial charge < -0.3 is 10.5 Å². The minimum absolute atomic E-state index is 0.0474. The third-order valence-electron chi connectivity index (χ3n) is 2.80. The summed E-state index contributed by atoms with van der Waals surface area (Å²) in [6, 6.07) is 4.37. The zero-order valence-corrected chi connectivity index (χ0v) is 12.2. The van der Waals surface area contributed by atoms with Crippen LogP contribution in [0, 0.1) is 10.1 Å². The molecule has 7 nitrogen and oxygen atoms in total. The number of sulfone groups is 1. The highest BCUT2D eigenvalue weighted by Crippen LogP contribution is 2.27. The molecule has 0 spiro atoms. The van der Waals surface area contributed by atoms with E-state index in [0.29, 0.717) is 5.56 Å². The highest BCUT2D eigenvalue weighted by molar-refractivity contribution is 7.91. The second kappa shape index (κ2) is 6.67. The molecule has 1 aromatic carbocycles. The minimum Gasteiger partial charge on any atom is -0.486 e. The third-order valence-corrected chi connectivity index (χ3v) is 4.97. The molecule has 20 heavy (non-hydrogen) atoms. The Bertz CT molecular complexity index is 584. The molecule has 0 saturated heterocycles. The van der Waals surface area contributed by atoms with Gasteiger partial charge in [0.1, 0.15) is 6.61 Å². The lowest BCUT2D eigenvalue weighted by Crippen LogP contribution is -2.22. The van der Waals surface area contributed by atoms with E-state index in [2.05, 4.69) is 0 Å². The lowest BCUT2D eigenvalue weighted by molar-refractivity contribution is -0.385. The molecular weight excluding hydrogens is 284 g/mol. The normalized spacial score (nSPS) is 11.6. The molecule has 0 amide bonds. The summed E-state index contributed by atoms with van der Waals surface area (Å²) in [5.41, 5.74) is 5.81. The summed E-state index contributed by atoms with van der Waals surface area (Å²) in [7, 11) is -3.23. The van der Waals surface area contributed by atoms with E-state index < -0.39 is 20.0 Å². The van der Waals surface area contributed by atoms with Gasteiger partial charge in [-0.1, -0.05) is 6.07 Å². The maximum absolute atomic E-state index is 11.6. The number of nitro benzene ring substituents is 1. The predicted molar refractivity (Wildman–Crippen MR) is 75.4 cm³/mol. The largest absolute Gasteiger partial charge is 0.486 e. The van der Waals surface area contributed by atoms with Crippen LogP contribution in [-0.2, 0) is 16.4 Å². The summed E-state index contributed by atoms with van der Waals surface area (Å²) in [4.78, 5) is 10.3. The Morgan fingerprint density at radius 1 is 1.40 bits per heavy atom. The van der Waals surface area contributed by atoms with Crippen LogP contribution < -0.4 is 10.5 Å². The van der Waals surface area contributed by atoms with Gasteiger partial charge in [-0.15, -0.1) is 0 Å². The molecule has 0 atom stereocenters. The Balaban J connectivity index is 2.81. The Labute approximate surface area is 117 Å². The molecule has 0 saturated carbocycles. The first-order valence-corrected chi connectivity index (χ1v) is 7.81. The fourth-order valence-corrected chi connectivity index (χ4v) is 2.25. The molecule has 2 N–H and O–H groups in total. The molecule has 8 heteroatoms. The van der Waals surface area contributed by atoms with Crippen LogP contribution in [-0.4, -0.2) is 31.0 Å². The first-order valence-electron chi connectivity index (χ1n) is 6.09. The number of rotatable bonds is 7. The van der Waals surface area contributed by atoms with E-state index in [4.69, 9.17) is 10.5 Å². The average Bonchev–Trinajstić information content (AvgIpc) is 2.38. The second-order valence-corrected chi connectivity index (χ2v) is 7.20. The van der Waals surface area contributed by atoms with E-state index in [0.717, 1.165) is 0 Å². The van der Waals surface area contributed by atoms with E-state index >= 15 is 0 Å². The van der Waals surface area contributed by atoms with E-state index in [1.54, 1.807) is 19.9 Å². The van der Waals surface area contributed by atoms with Crippen molar-refractivity contribution in [3.63, 3.8) is 0 Å². The summed E-state index contributed by atoms with van der Waals surface area (Å²) in [5, 5.41) is 10.4. The van der Waals surface area contributed by atoms with E-state index in [-0.39, 0.29) is 30.3 Å². The van der Waals surface area contributed by atoms with Gasteiger partial charge in [-0.05, 0) is 25.5 Å². The van der Waals surface area contributed by atoms with Crippen LogP contribution in [0.2, 0.25) is 0 Å². The molecule has 0 heterocycles. The van der Waals surface area contributed by atoms with E-state index in [1.807, 2.05) is 0 Å². The van der Waals surface area contributed by atoms with Gasteiger partial charge in [0.15, 0.2) is 15.6 Å². The van der Waals surface area contributed by atoms with Crippen molar-refractivity contribution >= 4 is 15.5 Å². The lowest BCUT2D eigenvalue weighted by atomic mass is 10.2. The van der Waals surface area contributed by atoms with Crippen molar-refractivity contribution in [1.29, 1.82) is 0 Å². The standard InChI is InChI=1S/C12H18N2O5S/c1-9(2)20(17,18)6-5-19-12-4-3-10(8-13)7-11(12)14(15)16/h3-4,7,9H,5-6,8,13H2,1-2H3. The Morgan fingerprint density at radius 2 is 2.05 bits per heavy atom. The zero-order chi connectivity index (χ0) is 15.3. The average molecular weight is 302 g/mol. The molecule has 0 aliphatic rings. The minimum atomic E-state index is -3.23. The smallest absolute Gasteiger partial charge is 0.311 e. The SMILES string of the molecule is CC(C)S(=O)(=O)CCOc1ccc(CN)cc1[N+](=O)[O-]. The first-order chi connectivity index (χ1) is 9.27. The molecule has 0 fully saturated rings. The molecule has 112 valence electrons. The fourth-order valence-electron chi connectivity index (χ4n) is 1.46. The Hall–Kier alpha value is -1.67. The second-order valence-electron chi connectivity index (χ2n) is 4.53. The topological polar surface area (TPSA) is 113 Å². The number of ether oxygens (including phenoxy) is 1. The van der Waals surface area contributed by atoms with Crippen LogP contribution in [0.5, 0.6) is 5.75 Å². The van der Waals surface area contributed by atoms with E-state index in [9.17, 15) is 18.5 Å². The van der Waals surface area contributed by atoms with Gasteiger partial charge in [-0.25, -0.2) is 8.42 Å². The maximum atomic E-state index is 11.6. The predicted octanol–water partition coefficient (Wildman–Crippen LogP) is 1.26. The molecule has 0 radical (unpaired) electrons. The quantitative estimate of drug-likeness (QED) is 0.599. The van der Waals surface area contributed by atoms with Gasteiger partial charge in [-0.2, -0.15) is 0 Å². The van der Waals surface area contributed by atoms with E-state index in [1.165, 1.54) is 12.1 Å². The molecule has 0 aliphatic heterocycles. The Kier molecular flexibility index (Phi) is 5.46. The first kappa shape index (κ1) is 16.4. The van der Waals surface area contributed by atoms with Crippen LogP contribution in [0.1, 0.15) is 19.4 Å². The van der Waals surface area contributed by atoms with Crippen molar-refractivity contribution in [3.8, 4) is 5.75 Å². The van der Waals surface area contributed by atoms with Gasteiger partial charge in [0.05, 0.1) is 15.9 Å². The molecule has 0 bridgehead atoms. The molecule has 0 aromatic heterocycles. The van der Waals surface area contributed by atoms with Crippen molar-refractivity contribution in [1.82, 2.24) is 0 Å². The van der Waals surface area contributed by atoms with Crippen LogP contribution >= 0.6 is 0 Å². The number of nitrogens with zero attached hydrogens (tertiary/aromatic N) is 1. The van der Waals surface area contributed by atoms with Crippen LogP contribution in [0.25, 0.3) is 0 Å². The van der Waals surface area contributed by atoms with Gasteiger partial charge in [0.2, 0.25) is 0 Å². The number of nitro groups is 1. The lowest BCUT2D eigenvalue weighted by Gasteiger charge is -2.10. The fraction of sp³-hybridized carbons (Fsp3) is 0.500. The number of nitrogens with two attached hydrogens (primary N) is 1. The zero-order valence-electron chi connectivity index (χ0n) is 11.4. The maximum Gasteiger partial charge on any atom is 0.311 e. The van der Waals surface area contributed by atoms with Crippen molar-refractivity contribution in [3.05, 3.63) is 33.9 Å². The van der Waals surface area contributed by atoms with Crippen LogP contribution in [0.15, 0.2) is 18.2 Å². The van der Waals surface area contributed by atoms with Crippen molar-refractivity contribution in [2.24, 2.45) is 5.73 Å². The number of hydrogen-bond donors (Lipinski definition) is 1. The van der Waals surface area contributed by atoms with Crippen molar-refractivity contribution < 1.29 is 18.1 Å². The van der Waals surface area contributed by atoms with Crippen molar-refractivity contribution in [2.75, 3.05) is 12.4 Å². The molecule has 1 aromatic rings. The molecular formula is C12H18N2O5S. The summed E-state index contributed by atoms with van der Waals surface area (Å²) in [6.07, 6.45) is 0. The molecule has 1 rings (SSSR count). The van der Waals surface area contributed by atoms with Gasteiger partial charge in [0.25, 0.3) is 0 Å². The number of hydrogen-bond acceptors (Lipinski definition) is 6. The van der Waals surface area contributed by atoms with Crippen molar-refractivity contribution in [2.45, 2.75) is 25.6 Å². The summed E-state index contributed by atoms with van der Waals surface area (Å²) >= 11 is 0. The van der Waals surface area contributed by atoms with Crippen LogP contribution in [0.4, 0.5) is 5.69 Å². The summed E-state index contributed by atoms with van der Waals surface area (Å²) < 4.78 is 28.4. The number of benzene rings is 1. The monoisotopic (exact) mass is 302 g/mol. The van der Waals surface area contributed by atoms with Crippen LogP contribution in [0.3, 0.4) is 0 Å². The summed E-state index contributed by atoms with van der Waals surface area (Å²) in [6.45, 7) is 3.22. The third kappa shape index (κ3) is 4.17.